The zero-order chi connectivity index (χ0) is 14.9. The van der Waals surface area contributed by atoms with E-state index in [9.17, 15) is 9.90 Å². The Labute approximate surface area is 117 Å². The van der Waals surface area contributed by atoms with Gasteiger partial charge in [-0.3, -0.25) is 4.90 Å². The smallest absolute Gasteiger partial charge is 0.407 e. The van der Waals surface area contributed by atoms with Crippen molar-refractivity contribution in [3.05, 3.63) is 23.9 Å². The molecular formula is C14H20N2O4. The lowest BCUT2D eigenvalue weighted by molar-refractivity contribution is 0.135. The third kappa shape index (κ3) is 3.19. The molecule has 1 aliphatic heterocycles. The normalized spacial score (nSPS) is 23.7. The van der Waals surface area contributed by atoms with Gasteiger partial charge >= 0.3 is 6.09 Å². The highest BCUT2D eigenvalue weighted by atomic mass is 16.4. The SMILES string of the molecule is CC(C)(C)c1cnc(C=CC2CC(O)CN2C(=O)O)o1. The van der Waals surface area contributed by atoms with Crippen molar-refractivity contribution >= 4 is 12.2 Å². The molecule has 1 aromatic rings. The van der Waals surface area contributed by atoms with E-state index in [1.54, 1.807) is 18.3 Å². The van der Waals surface area contributed by atoms with Crippen molar-refractivity contribution in [3.63, 3.8) is 0 Å². The van der Waals surface area contributed by atoms with Gasteiger partial charge in [0.2, 0.25) is 5.89 Å². The van der Waals surface area contributed by atoms with Gasteiger partial charge in [0.05, 0.1) is 24.9 Å². The number of aromatic nitrogens is 1. The lowest BCUT2D eigenvalue weighted by Gasteiger charge is -2.17. The van der Waals surface area contributed by atoms with Crippen molar-refractivity contribution in [1.29, 1.82) is 0 Å². The van der Waals surface area contributed by atoms with Crippen LogP contribution in [0.15, 0.2) is 16.7 Å². The van der Waals surface area contributed by atoms with E-state index >= 15 is 0 Å². The molecule has 2 atom stereocenters. The first-order valence-corrected chi connectivity index (χ1v) is 6.59. The number of nitrogens with zero attached hydrogens (tertiary/aromatic N) is 2. The predicted octanol–water partition coefficient (Wildman–Crippen LogP) is 2.10. The van der Waals surface area contributed by atoms with Gasteiger partial charge in [0.25, 0.3) is 0 Å². The Morgan fingerprint density at radius 2 is 2.25 bits per heavy atom. The maximum atomic E-state index is 11.0. The summed E-state index contributed by atoms with van der Waals surface area (Å²) >= 11 is 0. The molecule has 1 fully saturated rings. The molecule has 1 aromatic heterocycles. The van der Waals surface area contributed by atoms with Crippen LogP contribution in [0, 0.1) is 0 Å². The summed E-state index contributed by atoms with van der Waals surface area (Å²) in [6.45, 7) is 6.23. The highest BCUT2D eigenvalue weighted by Gasteiger charge is 2.32. The Balaban J connectivity index is 2.09. The van der Waals surface area contributed by atoms with Gasteiger partial charge in [-0.15, -0.1) is 0 Å². The van der Waals surface area contributed by atoms with Gasteiger partial charge in [-0.1, -0.05) is 26.8 Å². The Hall–Kier alpha value is -1.82. The number of likely N-dealkylation sites (tertiary alicyclic amines) is 1. The van der Waals surface area contributed by atoms with Crippen LogP contribution in [0.1, 0.15) is 38.8 Å². The maximum absolute atomic E-state index is 11.0. The summed E-state index contributed by atoms with van der Waals surface area (Å²) in [5.74, 6) is 1.22. The lowest BCUT2D eigenvalue weighted by Crippen LogP contribution is -2.33. The lowest BCUT2D eigenvalue weighted by atomic mass is 9.94. The molecule has 0 bridgehead atoms. The molecule has 2 unspecified atom stereocenters. The van der Waals surface area contributed by atoms with Crippen molar-refractivity contribution in [2.24, 2.45) is 0 Å². The third-order valence-corrected chi connectivity index (χ3v) is 3.29. The van der Waals surface area contributed by atoms with Gasteiger partial charge in [0.1, 0.15) is 5.76 Å². The van der Waals surface area contributed by atoms with Crippen LogP contribution < -0.4 is 0 Å². The minimum absolute atomic E-state index is 0.115. The summed E-state index contributed by atoms with van der Waals surface area (Å²) in [5, 5.41) is 18.6. The zero-order valence-corrected chi connectivity index (χ0v) is 11.9. The third-order valence-electron chi connectivity index (χ3n) is 3.29. The number of carboxylic acid groups (broad SMARTS) is 1. The molecule has 6 heteroatoms. The van der Waals surface area contributed by atoms with E-state index in [0.717, 1.165) is 5.76 Å². The van der Waals surface area contributed by atoms with Gasteiger partial charge in [-0.25, -0.2) is 9.78 Å². The van der Waals surface area contributed by atoms with Crippen LogP contribution in [-0.2, 0) is 5.41 Å². The van der Waals surface area contributed by atoms with Crippen LogP contribution in [0.4, 0.5) is 4.79 Å². The maximum Gasteiger partial charge on any atom is 0.407 e. The minimum atomic E-state index is -1.03. The molecule has 0 spiro atoms. The second-order valence-electron chi connectivity index (χ2n) is 6.06. The fourth-order valence-corrected chi connectivity index (χ4v) is 2.15. The highest BCUT2D eigenvalue weighted by Crippen LogP contribution is 2.24. The molecule has 110 valence electrons. The number of carbonyl (C=O) groups is 1. The number of oxazole rings is 1. The number of aliphatic hydroxyl groups excluding tert-OH is 1. The minimum Gasteiger partial charge on any atom is -0.465 e. The Bertz CT molecular complexity index is 515. The van der Waals surface area contributed by atoms with E-state index in [4.69, 9.17) is 9.52 Å². The molecule has 20 heavy (non-hydrogen) atoms. The fraction of sp³-hybridized carbons (Fsp3) is 0.571. The van der Waals surface area contributed by atoms with E-state index in [0.29, 0.717) is 12.3 Å². The first-order valence-electron chi connectivity index (χ1n) is 6.59. The van der Waals surface area contributed by atoms with Gasteiger partial charge in [-0.05, 0) is 12.5 Å². The van der Waals surface area contributed by atoms with E-state index in [-0.39, 0.29) is 18.0 Å². The largest absolute Gasteiger partial charge is 0.465 e. The predicted molar refractivity (Wildman–Crippen MR) is 73.4 cm³/mol. The number of hydrogen-bond acceptors (Lipinski definition) is 4. The molecule has 0 saturated carbocycles. The summed E-state index contributed by atoms with van der Waals surface area (Å²) in [7, 11) is 0. The summed E-state index contributed by atoms with van der Waals surface area (Å²) in [6.07, 6.45) is 3.80. The van der Waals surface area contributed by atoms with E-state index in [2.05, 4.69) is 4.98 Å². The van der Waals surface area contributed by atoms with Crippen LogP contribution in [0.25, 0.3) is 6.08 Å². The second-order valence-corrected chi connectivity index (χ2v) is 6.06. The monoisotopic (exact) mass is 280 g/mol. The van der Waals surface area contributed by atoms with Crippen LogP contribution in [0.3, 0.4) is 0 Å². The Morgan fingerprint density at radius 1 is 1.55 bits per heavy atom. The zero-order valence-electron chi connectivity index (χ0n) is 11.9. The number of hydrogen-bond donors (Lipinski definition) is 2. The summed E-state index contributed by atoms with van der Waals surface area (Å²) in [5.41, 5.74) is -0.115. The first kappa shape index (κ1) is 14.6. The molecule has 2 rings (SSSR count). The standard InChI is InChI=1S/C14H20N2O4/c1-14(2,3)11-7-15-12(20-11)5-4-9-6-10(17)8-16(9)13(18)19/h4-5,7,9-10,17H,6,8H2,1-3H3,(H,18,19). The number of β-amino-alcohol motifs (C(OH)–C–C–N with tert-alkyl or cyclic N) is 1. The quantitative estimate of drug-likeness (QED) is 0.866. The molecule has 0 aliphatic carbocycles. The fourth-order valence-electron chi connectivity index (χ4n) is 2.15. The van der Waals surface area contributed by atoms with Crippen molar-refractivity contribution in [3.8, 4) is 0 Å². The second kappa shape index (κ2) is 5.28. The van der Waals surface area contributed by atoms with Gasteiger partial charge in [0.15, 0.2) is 0 Å². The highest BCUT2D eigenvalue weighted by molar-refractivity contribution is 5.66. The van der Waals surface area contributed by atoms with Gasteiger partial charge < -0.3 is 14.6 Å². The first-order chi connectivity index (χ1) is 9.27. The molecule has 0 radical (unpaired) electrons. The van der Waals surface area contributed by atoms with Crippen LogP contribution in [0.5, 0.6) is 0 Å². The van der Waals surface area contributed by atoms with Crippen molar-refractivity contribution < 1.29 is 19.4 Å². The summed E-state index contributed by atoms with van der Waals surface area (Å²) in [6, 6.07) is -0.340. The van der Waals surface area contributed by atoms with Crippen molar-refractivity contribution in [1.82, 2.24) is 9.88 Å². The molecule has 1 saturated heterocycles. The van der Waals surface area contributed by atoms with E-state index < -0.39 is 12.2 Å². The summed E-state index contributed by atoms with van der Waals surface area (Å²) in [4.78, 5) is 16.4. The molecule has 6 nitrogen and oxygen atoms in total. The van der Waals surface area contributed by atoms with Crippen LogP contribution >= 0.6 is 0 Å². The molecular weight excluding hydrogens is 260 g/mol. The number of aliphatic hydroxyl groups is 1. The van der Waals surface area contributed by atoms with E-state index in [1.807, 2.05) is 20.8 Å². The molecule has 1 aliphatic rings. The molecule has 1 amide bonds. The van der Waals surface area contributed by atoms with Crippen molar-refractivity contribution in [2.75, 3.05) is 6.54 Å². The van der Waals surface area contributed by atoms with Crippen molar-refractivity contribution in [2.45, 2.75) is 44.8 Å². The van der Waals surface area contributed by atoms with Gasteiger partial charge in [-0.2, -0.15) is 0 Å². The number of rotatable bonds is 2. The van der Waals surface area contributed by atoms with Crippen LogP contribution in [-0.4, -0.2) is 44.9 Å². The topological polar surface area (TPSA) is 86.8 Å². The average molecular weight is 280 g/mol. The van der Waals surface area contributed by atoms with E-state index in [1.165, 1.54) is 4.90 Å². The average Bonchev–Trinajstić information content (AvgIpc) is 2.91. The van der Waals surface area contributed by atoms with Gasteiger partial charge in [0, 0.05) is 5.41 Å². The number of amides is 1. The molecule has 2 heterocycles. The Morgan fingerprint density at radius 3 is 2.80 bits per heavy atom. The summed E-state index contributed by atoms with van der Waals surface area (Å²) < 4.78 is 5.60. The molecule has 0 aromatic carbocycles. The Kier molecular flexibility index (Phi) is 3.85. The van der Waals surface area contributed by atoms with Crippen LogP contribution in [0.2, 0.25) is 0 Å². The molecule has 2 N–H and O–H groups in total.